The van der Waals surface area contributed by atoms with Crippen LogP contribution in [-0.4, -0.2) is 431 Å². The Morgan fingerprint density at radius 2 is 1.17 bits per heavy atom. The van der Waals surface area contributed by atoms with E-state index in [0.717, 1.165) is 173 Å². The fourth-order valence-electron chi connectivity index (χ4n) is 16.2. The predicted octanol–water partition coefficient (Wildman–Crippen LogP) is 3.59. The smallest absolute Gasteiger partial charge is 0.323 e. The van der Waals surface area contributed by atoms with E-state index in [1.54, 1.807) is 40.1 Å². The molecule has 3 aromatic heterocycles. The van der Waals surface area contributed by atoms with Gasteiger partial charge in [0, 0.05) is 167 Å². The van der Waals surface area contributed by atoms with E-state index in [4.69, 9.17) is 32.2 Å². The molecule has 13 heterocycles. The van der Waals surface area contributed by atoms with E-state index in [0.29, 0.717) is 68.0 Å². The molecule has 10 aliphatic rings. The Hall–Kier alpha value is -6.36. The summed E-state index contributed by atoms with van der Waals surface area (Å²) in [6.07, 6.45) is 24.8. The van der Waals surface area contributed by atoms with Crippen LogP contribution in [0.25, 0.3) is 5.65 Å². The maximum Gasteiger partial charge on any atom is 0.323 e. The van der Waals surface area contributed by atoms with Crippen LogP contribution in [0, 0.1) is 18.3 Å². The molecule has 0 saturated carbocycles. The van der Waals surface area contributed by atoms with Gasteiger partial charge in [0.2, 0.25) is 0 Å². The molecule has 34 nitrogen and oxygen atoms in total. The molecule has 0 spiro atoms. The number of carboxylic acid groups (broad SMARTS) is 2. The number of pyridine rings is 1. The molecule has 0 bridgehead atoms. The van der Waals surface area contributed by atoms with Crippen molar-refractivity contribution in [1.29, 1.82) is 5.41 Å². The largest absolute Gasteiger partial charge is 0.511 e. The molecule has 13 rings (SSSR count). The van der Waals surface area contributed by atoms with Crippen molar-refractivity contribution in [2.24, 2.45) is 17.4 Å². The lowest BCUT2D eigenvalue weighted by Gasteiger charge is -2.37. The number of likely N-dealkylation sites (tertiary alicyclic amines) is 5. The van der Waals surface area contributed by atoms with Crippen LogP contribution < -0.4 is 48.7 Å². The lowest BCUT2D eigenvalue weighted by Crippen LogP contribution is -2.54. The van der Waals surface area contributed by atoms with E-state index >= 15 is 0 Å². The Bertz CT molecular complexity index is 3410. The van der Waals surface area contributed by atoms with Crippen LogP contribution in [0.5, 0.6) is 0 Å². The van der Waals surface area contributed by atoms with Crippen molar-refractivity contribution in [3.8, 4) is 0 Å². The average molecular weight is 1780 g/mol. The fourth-order valence-corrected chi connectivity index (χ4v) is 16.2. The number of carbonyl (C=O) groups is 6. The van der Waals surface area contributed by atoms with Crippen molar-refractivity contribution < 1.29 is 44.1 Å². The van der Waals surface area contributed by atoms with Crippen molar-refractivity contribution in [1.82, 2.24) is 110 Å². The Morgan fingerprint density at radius 3 is 1.67 bits per heavy atom. The number of aliphatic hydroxyl groups is 1. The number of Topliss-reactive ketones (excluding diaryl/α,β-unsaturated/α-hetero) is 4. The van der Waals surface area contributed by atoms with Crippen LogP contribution in [0.1, 0.15) is 161 Å². The molecular weight excluding hydrogens is 1600 g/mol. The summed E-state index contributed by atoms with van der Waals surface area (Å²) in [5.74, 6) is 1.04. The molecule has 10 fully saturated rings. The third kappa shape index (κ3) is 49.6. The number of aryl methyl sites for hydroxylation is 1. The quantitative estimate of drug-likeness (QED) is 0.0412. The zero-order valence-corrected chi connectivity index (χ0v) is 81.0. The zero-order chi connectivity index (χ0) is 93.5. The number of nitrogens with one attached hydrogen (secondary N) is 8. The first kappa shape index (κ1) is 114. The predicted molar refractivity (Wildman–Crippen MR) is 511 cm³/mol. The summed E-state index contributed by atoms with van der Waals surface area (Å²) in [5.41, 5.74) is 14.4. The van der Waals surface area contributed by atoms with Gasteiger partial charge in [0.1, 0.15) is 46.1 Å². The molecule has 0 aromatic carbocycles. The van der Waals surface area contributed by atoms with Crippen LogP contribution in [0.15, 0.2) is 55.3 Å². The van der Waals surface area contributed by atoms with Crippen molar-refractivity contribution in [3.63, 3.8) is 0 Å². The molecule has 15 N–H and O–H groups in total. The lowest BCUT2D eigenvalue weighted by atomic mass is 9.89. The van der Waals surface area contributed by atoms with Gasteiger partial charge in [-0.05, 0) is 285 Å². The second-order valence-corrected chi connectivity index (χ2v) is 36.0. The fraction of sp³-hybridized carbons (Fsp3) is 0.783. The van der Waals surface area contributed by atoms with Gasteiger partial charge in [-0.2, -0.15) is 0 Å². The number of rotatable bonds is 21. The van der Waals surface area contributed by atoms with E-state index in [2.05, 4.69) is 148 Å². The van der Waals surface area contributed by atoms with Crippen LogP contribution in [-0.2, 0) is 41.9 Å². The summed E-state index contributed by atoms with van der Waals surface area (Å²) < 4.78 is 2.02. The maximum atomic E-state index is 11.5. The summed E-state index contributed by atoms with van der Waals surface area (Å²) in [4.78, 5) is 103. The maximum absolute atomic E-state index is 11.5. The number of piperazine rings is 2. The first-order chi connectivity index (χ1) is 60.0. The van der Waals surface area contributed by atoms with Gasteiger partial charge in [0.15, 0.2) is 0 Å². The van der Waals surface area contributed by atoms with Crippen LogP contribution >= 0.6 is 0 Å². The minimum atomic E-state index is -0.966. The number of nitrogens with two attached hydrogens (primary N) is 2. The van der Waals surface area contributed by atoms with Gasteiger partial charge >= 0.3 is 11.9 Å². The molecule has 10 aliphatic heterocycles. The Morgan fingerprint density at radius 1 is 0.595 bits per heavy atom. The number of ketones is 4. The summed E-state index contributed by atoms with van der Waals surface area (Å²) in [6.45, 7) is 46.9. The lowest BCUT2D eigenvalue weighted by molar-refractivity contribution is -0.145. The Labute approximate surface area is 758 Å². The molecule has 5 atom stereocenters. The third-order valence-electron chi connectivity index (χ3n) is 24.7. The molecule has 722 valence electrons. The number of piperidine rings is 4. The van der Waals surface area contributed by atoms with E-state index in [1.165, 1.54) is 116 Å². The zero-order valence-electron chi connectivity index (χ0n) is 81.0. The van der Waals surface area contributed by atoms with Gasteiger partial charge in [-0.25, -0.2) is 4.98 Å². The summed E-state index contributed by atoms with van der Waals surface area (Å²) in [6, 6.07) is 7.36. The number of aliphatic carboxylic acids is 2. The van der Waals surface area contributed by atoms with E-state index in [1.807, 2.05) is 91.1 Å². The number of carbonyl (C=O) groups excluding carboxylic acids is 4. The monoisotopic (exact) mass is 1770 g/mol. The molecule has 5 unspecified atom stereocenters. The molecule has 34 heteroatoms. The van der Waals surface area contributed by atoms with Crippen LogP contribution in [0.3, 0.4) is 0 Å². The number of unbranched alkanes of at least 4 members (excludes halogenated alkanes) is 1. The van der Waals surface area contributed by atoms with Gasteiger partial charge in [-0.1, -0.05) is 26.0 Å². The number of hydrogen-bond donors (Lipinski definition) is 13. The number of likely N-dealkylation sites (N-methyl/N-ethyl adjacent to an activating group) is 4. The Kier molecular flexibility index (Phi) is 58.9. The molecule has 10 saturated heterocycles. The number of amidine groups is 1. The summed E-state index contributed by atoms with van der Waals surface area (Å²) in [7, 11) is 20.3. The van der Waals surface area contributed by atoms with Gasteiger partial charge in [0.05, 0.1) is 54.1 Å². The van der Waals surface area contributed by atoms with Gasteiger partial charge < -0.3 is 108 Å². The number of carboxylic acids is 2. The van der Waals surface area contributed by atoms with Gasteiger partial charge in [0.25, 0.3) is 0 Å². The van der Waals surface area contributed by atoms with Gasteiger partial charge in [-0.15, -0.1) is 0 Å². The first-order valence-electron chi connectivity index (χ1n) is 46.8. The molecule has 0 radical (unpaired) electrons. The van der Waals surface area contributed by atoms with E-state index in [9.17, 15) is 28.8 Å². The normalized spacial score (nSPS) is 22.5. The molecule has 0 aliphatic carbocycles. The number of nitrogens with zero attached hydrogens (tertiary/aromatic N) is 15. The number of aromatic nitrogens is 4. The highest BCUT2D eigenvalue weighted by molar-refractivity contribution is 5.82. The number of hydrogen-bond acceptors (Lipinski definition) is 30. The third-order valence-corrected chi connectivity index (χ3v) is 24.7. The van der Waals surface area contributed by atoms with Crippen molar-refractivity contribution in [2.75, 3.05) is 254 Å². The highest BCUT2D eigenvalue weighted by Gasteiger charge is 2.37. The standard InChI is InChI=1S/C12H22N2O.C11H22N2O.C10H20N2O.C9H11N3.C9H18N2O.C8H17N3.C7H11N3.C7H14N2O2.C7H14N2O.C6H12N2O2.C6H14N2/c1-10(15)12-4-3-7-14(12)11-5-8-13(2)9-6-11;1-3-4-5-12-6-8-13(9-7-12)10-11(2)14;1-8(13)10(11)7-9-3-5-12(2)6-4-9;1-10-6-8-7-12-5-3-2-4-9(12)11-8;1-8(12)7-11-5-3-9(10-2)4-6-11;1-8(9)11-5-3-4-10(2)6-7-11;1-6-3-10-7(4-8-2)5-9-6;1-9-4-2-7(8,3-5-9)6(10)11;1-6(10)7-5-9(2)4-3-8-7;1-7-4-2-5(6(9)10)8-3-4;1-8-5-2-3-7-4-6-8/h11-12H,3-9H2,1-2H3;3-10H2,1-2H3;9-10,13H,1,3-7,11H2,2H3;2-5,7,10H,6H2,1H3;9-10H,3-7H2,1-2H3;9H,3-7H2,1-2H3;3,5,8H,4H2,1-2H3;2-5,8H2,1H3,(H,10,11);7-8H,3-5H2,1-2H3;4-5,7-8H,2-3H2,1H3,(H,9,10);7H,2-6H2,1H3. The molecule has 3 aromatic rings. The molecule has 126 heavy (non-hydrogen) atoms. The second kappa shape index (κ2) is 65.2. The summed E-state index contributed by atoms with van der Waals surface area (Å²) >= 11 is 0. The van der Waals surface area contributed by atoms with Crippen molar-refractivity contribution in [2.45, 2.75) is 212 Å². The second-order valence-electron chi connectivity index (χ2n) is 36.0. The topological polar surface area (TPSA) is 402 Å². The molecule has 0 amide bonds. The van der Waals surface area contributed by atoms with Crippen LogP contribution in [0.2, 0.25) is 0 Å². The number of imidazole rings is 1. The SMILES string of the molecule is C=C(O)C(N)CC1CCN(C)CC1.CC(=N)N1CCCN(C)CC1.CC(=O)C1CCCN1C1CCN(C)CC1.CC(=O)C1CN(C)CCN1.CCCCN1CCN(CC(C)=O)CC1.CN1CCC(N)(C(=O)O)CC1.CN1CCCNCC1.CNC1CCN(CC(C)=O)CC1.CNC1CNC(C(=O)O)C1.CNCc1cn2ccccc2n1.CNCc1cnc(C)cn1. The van der Waals surface area contributed by atoms with Gasteiger partial charge in [-0.3, -0.25) is 58.8 Å². The summed E-state index contributed by atoms with van der Waals surface area (Å²) in [5, 5.41) is 55.6. The average Bonchev–Trinajstić information content (AvgIpc) is 1.56. The van der Waals surface area contributed by atoms with Crippen molar-refractivity contribution in [3.05, 3.63) is 72.4 Å². The first-order valence-corrected chi connectivity index (χ1v) is 46.8. The minimum absolute atomic E-state index is 0.0683. The minimum Gasteiger partial charge on any atom is -0.511 e. The Balaban J connectivity index is 0.000000359. The highest BCUT2D eigenvalue weighted by Crippen LogP contribution is 2.27. The van der Waals surface area contributed by atoms with Crippen LogP contribution in [0.4, 0.5) is 0 Å². The highest BCUT2D eigenvalue weighted by atomic mass is 16.4. The molecular formula is C92H175N25O9. The number of aliphatic hydroxyl groups excluding tert-OH is 1. The van der Waals surface area contributed by atoms with E-state index in [-0.39, 0.29) is 47.3 Å². The number of fused-ring (bicyclic) bond motifs is 1. The van der Waals surface area contributed by atoms with E-state index < -0.39 is 17.5 Å². The van der Waals surface area contributed by atoms with Crippen molar-refractivity contribution >= 4 is 46.6 Å².